The van der Waals surface area contributed by atoms with E-state index >= 15 is 0 Å². The summed E-state index contributed by atoms with van der Waals surface area (Å²) < 4.78 is 0. The molecule has 3 N–H and O–H groups in total. The van der Waals surface area contributed by atoms with Crippen molar-refractivity contribution in [2.24, 2.45) is 0 Å². The minimum Gasteiger partial charge on any atom is -0.446 e. The summed E-state index contributed by atoms with van der Waals surface area (Å²) in [5, 5.41) is 15.2. The van der Waals surface area contributed by atoms with Crippen molar-refractivity contribution in [2.45, 2.75) is 0 Å². The summed E-state index contributed by atoms with van der Waals surface area (Å²) in [5.41, 5.74) is 1.17. The lowest BCUT2D eigenvalue weighted by molar-refractivity contribution is 0.177. The third-order valence-electron chi connectivity index (χ3n) is 0.227. The zero-order valence-corrected chi connectivity index (χ0v) is 2.88. The third-order valence-corrected chi connectivity index (χ3v) is 0.227. The largest absolute Gasteiger partial charge is 0.446 e. The molecular formula is CH3BNO3. The maximum Gasteiger partial charge on any atom is 0.407 e. The standard InChI is InChI=1S/CH3BNO3/c4-1(2-5)3-6/h5-6H,(H,3,4). The van der Waals surface area contributed by atoms with Gasteiger partial charge >= 0.3 is 7.48 Å². The third kappa shape index (κ3) is 1.74. The lowest BCUT2D eigenvalue weighted by Gasteiger charge is -1.83. The van der Waals surface area contributed by atoms with Gasteiger partial charge in [0.25, 0.3) is 0 Å². The summed E-state index contributed by atoms with van der Waals surface area (Å²) in [5.74, 6) is -0.921. The highest BCUT2D eigenvalue weighted by molar-refractivity contribution is 6.67. The highest BCUT2D eigenvalue weighted by atomic mass is 16.5. The molecule has 0 atom stereocenters. The Kier molecular flexibility index (Phi) is 2.44. The SMILES string of the molecule is O=C([B]O)NO. The number of nitrogens with one attached hydrogen (secondary N) is 1. The van der Waals surface area contributed by atoms with E-state index in [1.807, 2.05) is 0 Å². The van der Waals surface area contributed by atoms with Crippen LogP contribution < -0.4 is 5.48 Å². The molecule has 0 aliphatic heterocycles. The molecule has 0 rings (SSSR count). The van der Waals surface area contributed by atoms with Gasteiger partial charge in [-0.25, -0.2) is 5.48 Å². The van der Waals surface area contributed by atoms with E-state index in [1.54, 1.807) is 0 Å². The Bertz CT molecular complexity index is 48.8. The molecule has 0 spiro atoms. The van der Waals surface area contributed by atoms with Crippen LogP contribution in [0.4, 0.5) is 4.79 Å². The van der Waals surface area contributed by atoms with Crippen LogP contribution >= 0.6 is 0 Å². The quantitative estimate of drug-likeness (QED) is 0.212. The van der Waals surface area contributed by atoms with Crippen molar-refractivity contribution in [3.8, 4) is 0 Å². The van der Waals surface area contributed by atoms with Gasteiger partial charge in [0.2, 0.25) is 5.81 Å². The summed E-state index contributed by atoms with van der Waals surface area (Å²) in [6, 6.07) is 0. The summed E-state index contributed by atoms with van der Waals surface area (Å²) in [6.45, 7) is 0. The number of hydrogen-bond acceptors (Lipinski definition) is 3. The molecule has 0 aliphatic rings. The van der Waals surface area contributed by atoms with E-state index in [9.17, 15) is 4.79 Å². The van der Waals surface area contributed by atoms with Gasteiger partial charge in [-0.15, -0.1) is 0 Å². The van der Waals surface area contributed by atoms with Gasteiger partial charge in [0, 0.05) is 0 Å². The van der Waals surface area contributed by atoms with Crippen LogP contribution in [0.15, 0.2) is 0 Å². The smallest absolute Gasteiger partial charge is 0.407 e. The zero-order valence-electron chi connectivity index (χ0n) is 2.88. The lowest BCUT2D eigenvalue weighted by atomic mass is 10.0. The molecule has 0 bridgehead atoms. The van der Waals surface area contributed by atoms with Gasteiger partial charge in [0.05, 0.1) is 0 Å². The Hall–Kier alpha value is -0.545. The average Bonchev–Trinajstić information content (AvgIpc) is 1.65. The summed E-state index contributed by atoms with van der Waals surface area (Å²) in [7, 11) is 0.222. The van der Waals surface area contributed by atoms with Crippen molar-refractivity contribution in [2.75, 3.05) is 0 Å². The molecule has 0 aromatic carbocycles. The average molecular weight is 87.9 g/mol. The maximum absolute atomic E-state index is 9.51. The predicted octanol–water partition coefficient (Wildman–Crippen LogP) is -1.30. The second kappa shape index (κ2) is 2.68. The molecule has 0 heterocycles. The molecular weight excluding hydrogens is 84.8 g/mol. The fraction of sp³-hybridized carbons (Fsp3) is 0. The number of rotatable bonds is 1. The fourth-order valence-electron chi connectivity index (χ4n) is 0.0289. The van der Waals surface area contributed by atoms with Gasteiger partial charge < -0.3 is 5.02 Å². The molecule has 5 heteroatoms. The first-order valence-electron chi connectivity index (χ1n) is 1.22. The first-order valence-corrected chi connectivity index (χ1v) is 1.22. The van der Waals surface area contributed by atoms with Crippen LogP contribution in [0.2, 0.25) is 0 Å². The molecule has 0 fully saturated rings. The van der Waals surface area contributed by atoms with Gasteiger partial charge in [0.1, 0.15) is 0 Å². The van der Waals surface area contributed by atoms with Gasteiger partial charge in [-0.2, -0.15) is 0 Å². The zero-order chi connectivity index (χ0) is 4.99. The van der Waals surface area contributed by atoms with Gasteiger partial charge in [-0.3, -0.25) is 10.0 Å². The summed E-state index contributed by atoms with van der Waals surface area (Å²) in [4.78, 5) is 9.51. The number of hydrogen-bond donors (Lipinski definition) is 3. The van der Waals surface area contributed by atoms with Crippen molar-refractivity contribution in [3.63, 3.8) is 0 Å². The lowest BCUT2D eigenvalue weighted by Crippen LogP contribution is -2.22. The van der Waals surface area contributed by atoms with Crippen LogP contribution in [0.1, 0.15) is 0 Å². The molecule has 1 amide bonds. The minimum absolute atomic E-state index is 0.222. The van der Waals surface area contributed by atoms with Crippen LogP contribution in [-0.2, 0) is 0 Å². The molecule has 1 radical (unpaired) electrons. The molecule has 0 aromatic heterocycles. The van der Waals surface area contributed by atoms with E-state index in [4.69, 9.17) is 10.2 Å². The highest BCUT2D eigenvalue weighted by Crippen LogP contribution is 1.53. The Labute approximate surface area is 35.0 Å². The summed E-state index contributed by atoms with van der Waals surface area (Å²) >= 11 is 0. The molecule has 0 aliphatic carbocycles. The van der Waals surface area contributed by atoms with E-state index in [1.165, 1.54) is 5.48 Å². The Balaban J connectivity index is 2.99. The highest BCUT2D eigenvalue weighted by Gasteiger charge is 1.94. The minimum atomic E-state index is -0.921. The Morgan fingerprint density at radius 3 is 2.33 bits per heavy atom. The Morgan fingerprint density at radius 1 is 1.83 bits per heavy atom. The monoisotopic (exact) mass is 88.0 g/mol. The van der Waals surface area contributed by atoms with Crippen LogP contribution in [0, 0.1) is 0 Å². The second-order valence-corrected chi connectivity index (χ2v) is 0.605. The number of amides is 1. The Morgan fingerprint density at radius 2 is 2.33 bits per heavy atom. The van der Waals surface area contributed by atoms with Crippen molar-refractivity contribution < 1.29 is 15.0 Å². The van der Waals surface area contributed by atoms with E-state index < -0.39 is 5.81 Å². The van der Waals surface area contributed by atoms with Crippen LogP contribution in [0.25, 0.3) is 0 Å². The molecule has 0 unspecified atom stereocenters. The van der Waals surface area contributed by atoms with Gasteiger partial charge in [-0.1, -0.05) is 0 Å². The number of carbonyl (C=O) groups excluding carboxylic acids is 1. The van der Waals surface area contributed by atoms with E-state index in [0.29, 0.717) is 0 Å². The first kappa shape index (κ1) is 5.45. The van der Waals surface area contributed by atoms with E-state index in [0.717, 1.165) is 0 Å². The topological polar surface area (TPSA) is 69.6 Å². The molecule has 33 valence electrons. The number of carbonyl (C=O) groups is 1. The fourth-order valence-corrected chi connectivity index (χ4v) is 0.0289. The van der Waals surface area contributed by atoms with Gasteiger partial charge in [0.15, 0.2) is 0 Å². The number of hydroxylamine groups is 1. The van der Waals surface area contributed by atoms with Gasteiger partial charge in [-0.05, 0) is 0 Å². The van der Waals surface area contributed by atoms with Crippen LogP contribution in [0.5, 0.6) is 0 Å². The normalized spacial score (nSPS) is 7.00. The molecule has 4 nitrogen and oxygen atoms in total. The van der Waals surface area contributed by atoms with E-state index in [-0.39, 0.29) is 7.48 Å². The first-order chi connectivity index (χ1) is 2.81. The second-order valence-electron chi connectivity index (χ2n) is 0.605. The van der Waals surface area contributed by atoms with E-state index in [2.05, 4.69) is 0 Å². The van der Waals surface area contributed by atoms with Crippen LogP contribution in [0.3, 0.4) is 0 Å². The molecule has 6 heavy (non-hydrogen) atoms. The van der Waals surface area contributed by atoms with Crippen molar-refractivity contribution in [1.82, 2.24) is 5.48 Å². The molecule has 0 saturated carbocycles. The maximum atomic E-state index is 9.51. The van der Waals surface area contributed by atoms with Crippen LogP contribution in [-0.4, -0.2) is 23.5 Å². The van der Waals surface area contributed by atoms with Crippen molar-refractivity contribution >= 4 is 13.3 Å². The molecule has 0 saturated heterocycles. The predicted molar refractivity (Wildman–Crippen MR) is 18.3 cm³/mol. The van der Waals surface area contributed by atoms with Crippen molar-refractivity contribution in [3.05, 3.63) is 0 Å². The molecule has 0 aromatic rings. The summed E-state index contributed by atoms with van der Waals surface area (Å²) in [6.07, 6.45) is 0. The van der Waals surface area contributed by atoms with Crippen molar-refractivity contribution in [1.29, 1.82) is 0 Å².